The summed E-state index contributed by atoms with van der Waals surface area (Å²) in [4.78, 5) is 3.55. The molecule has 0 aromatic heterocycles. The lowest BCUT2D eigenvalue weighted by atomic mass is 10.00. The predicted molar refractivity (Wildman–Crippen MR) is 62.1 cm³/mol. The first-order valence-corrected chi connectivity index (χ1v) is 5.20. The van der Waals surface area contributed by atoms with Crippen LogP contribution in [0, 0.1) is 20.4 Å². The zero-order valence-electron chi connectivity index (χ0n) is 9.79. The maximum Gasteiger partial charge on any atom is 0.246 e. The van der Waals surface area contributed by atoms with Gasteiger partial charge in [-0.25, -0.2) is 6.57 Å². The molecule has 80 valence electrons. The number of nitrogens with zero attached hydrogens (tertiary/aromatic N) is 1. The lowest BCUT2D eigenvalue weighted by Crippen LogP contribution is -1.98. The van der Waals surface area contributed by atoms with Gasteiger partial charge in [0.05, 0.1) is 6.61 Å². The molecule has 0 spiro atoms. The lowest BCUT2D eigenvalue weighted by molar-refractivity contribution is 0.337. The highest BCUT2D eigenvalue weighted by Crippen LogP contribution is 2.28. The molecule has 2 heteroatoms. The Morgan fingerprint density at radius 2 is 2.00 bits per heavy atom. The van der Waals surface area contributed by atoms with Gasteiger partial charge in [-0.3, -0.25) is 0 Å². The molecule has 0 saturated carbocycles. The van der Waals surface area contributed by atoms with Gasteiger partial charge in [0.15, 0.2) is 0 Å². The van der Waals surface area contributed by atoms with Gasteiger partial charge in [0.25, 0.3) is 0 Å². The van der Waals surface area contributed by atoms with Crippen molar-refractivity contribution in [1.29, 1.82) is 0 Å². The highest BCUT2D eigenvalue weighted by molar-refractivity contribution is 5.43. The van der Waals surface area contributed by atoms with Crippen molar-refractivity contribution >= 4 is 0 Å². The molecule has 0 aliphatic rings. The van der Waals surface area contributed by atoms with Gasteiger partial charge in [-0.1, -0.05) is 0 Å². The smallest absolute Gasteiger partial charge is 0.246 e. The fourth-order valence-electron chi connectivity index (χ4n) is 1.64. The largest absolute Gasteiger partial charge is 0.494 e. The molecule has 0 N–H and O–H groups in total. The van der Waals surface area contributed by atoms with Gasteiger partial charge < -0.3 is 9.58 Å². The van der Waals surface area contributed by atoms with Crippen molar-refractivity contribution in [1.82, 2.24) is 0 Å². The minimum absolute atomic E-state index is 0.0700. The van der Waals surface area contributed by atoms with E-state index in [9.17, 15) is 0 Å². The van der Waals surface area contributed by atoms with Gasteiger partial charge in [0.1, 0.15) is 5.75 Å². The van der Waals surface area contributed by atoms with E-state index < -0.39 is 0 Å². The first-order chi connectivity index (χ1) is 7.10. The molecule has 0 radical (unpaired) electrons. The Labute approximate surface area is 91.7 Å². The maximum absolute atomic E-state index is 7.04. The van der Waals surface area contributed by atoms with Crippen LogP contribution in [-0.4, -0.2) is 6.61 Å². The van der Waals surface area contributed by atoms with Gasteiger partial charge in [0.2, 0.25) is 6.04 Å². The number of hydrogen-bond acceptors (Lipinski definition) is 1. The molecule has 0 aliphatic heterocycles. The van der Waals surface area contributed by atoms with Crippen molar-refractivity contribution in [3.63, 3.8) is 0 Å². The third kappa shape index (κ3) is 2.50. The second-order valence-corrected chi connectivity index (χ2v) is 3.71. The van der Waals surface area contributed by atoms with Crippen molar-refractivity contribution in [2.24, 2.45) is 0 Å². The quantitative estimate of drug-likeness (QED) is 0.683. The molecule has 1 atom stereocenters. The second-order valence-electron chi connectivity index (χ2n) is 3.71. The maximum atomic E-state index is 7.04. The Morgan fingerprint density at radius 3 is 2.53 bits per heavy atom. The third-order valence-electron chi connectivity index (χ3n) is 2.51. The van der Waals surface area contributed by atoms with Crippen molar-refractivity contribution < 1.29 is 4.74 Å². The summed E-state index contributed by atoms with van der Waals surface area (Å²) >= 11 is 0. The summed E-state index contributed by atoms with van der Waals surface area (Å²) in [7, 11) is 0. The van der Waals surface area contributed by atoms with E-state index in [1.54, 1.807) is 0 Å². The summed E-state index contributed by atoms with van der Waals surface area (Å²) in [6.07, 6.45) is 0. The molecule has 0 saturated heterocycles. The van der Waals surface area contributed by atoms with Crippen LogP contribution in [0.15, 0.2) is 12.1 Å². The summed E-state index contributed by atoms with van der Waals surface area (Å²) in [5, 5.41) is 0. The number of rotatable bonds is 3. The van der Waals surface area contributed by atoms with Gasteiger partial charge in [-0.2, -0.15) is 0 Å². The average molecular weight is 203 g/mol. The van der Waals surface area contributed by atoms with Crippen LogP contribution >= 0.6 is 0 Å². The molecule has 0 fully saturated rings. The minimum Gasteiger partial charge on any atom is -0.494 e. The molecule has 0 amide bonds. The van der Waals surface area contributed by atoms with Gasteiger partial charge in [0, 0.05) is 12.5 Å². The molecule has 1 aromatic rings. The van der Waals surface area contributed by atoms with Crippen molar-refractivity contribution in [2.45, 2.75) is 33.7 Å². The summed E-state index contributed by atoms with van der Waals surface area (Å²) in [6, 6.07) is 4.01. The van der Waals surface area contributed by atoms with Gasteiger partial charge in [-0.05, 0) is 44.0 Å². The van der Waals surface area contributed by atoms with Crippen LogP contribution in [0.25, 0.3) is 4.85 Å². The first-order valence-electron chi connectivity index (χ1n) is 5.20. The Kier molecular flexibility index (Phi) is 3.74. The number of benzene rings is 1. The summed E-state index contributed by atoms with van der Waals surface area (Å²) in [5.41, 5.74) is 3.34. The Bertz CT molecular complexity index is 390. The van der Waals surface area contributed by atoms with Crippen LogP contribution in [0.5, 0.6) is 5.75 Å². The highest BCUT2D eigenvalue weighted by atomic mass is 16.5. The molecule has 0 bridgehead atoms. The van der Waals surface area contributed by atoms with E-state index in [1.165, 1.54) is 0 Å². The fourth-order valence-corrected chi connectivity index (χ4v) is 1.64. The molecule has 0 aliphatic carbocycles. The normalized spacial score (nSPS) is 11.9. The molecule has 1 rings (SSSR count). The zero-order valence-corrected chi connectivity index (χ0v) is 9.79. The molecular formula is C13H17NO. The molecule has 0 heterocycles. The summed E-state index contributed by atoms with van der Waals surface area (Å²) < 4.78 is 5.51. The predicted octanol–water partition coefficient (Wildman–Crippen LogP) is 3.68. The second kappa shape index (κ2) is 4.84. The van der Waals surface area contributed by atoms with Crippen molar-refractivity contribution in [3.05, 3.63) is 40.2 Å². The fraction of sp³-hybridized carbons (Fsp3) is 0.462. The standard InChI is InChI=1S/C13H17NO/c1-6-15-13-8-9(2)12(7-10(13)3)11(4)14-5/h7-8,11H,6H2,1-4H3. The van der Waals surface area contributed by atoms with E-state index in [1.807, 2.05) is 33.8 Å². The number of ether oxygens (including phenoxy) is 1. The van der Waals surface area contributed by atoms with Crippen LogP contribution in [0.4, 0.5) is 0 Å². The molecule has 15 heavy (non-hydrogen) atoms. The van der Waals surface area contributed by atoms with E-state index in [0.29, 0.717) is 6.61 Å². The zero-order chi connectivity index (χ0) is 11.4. The highest BCUT2D eigenvalue weighted by Gasteiger charge is 2.14. The van der Waals surface area contributed by atoms with Crippen LogP contribution in [-0.2, 0) is 0 Å². The Balaban J connectivity index is 3.14. The van der Waals surface area contributed by atoms with E-state index in [2.05, 4.69) is 10.9 Å². The van der Waals surface area contributed by atoms with Crippen LogP contribution < -0.4 is 4.74 Å². The number of aryl methyl sites for hydroxylation is 2. The SMILES string of the molecule is [C-]#[N+]C(C)c1cc(C)c(OCC)cc1C. The average Bonchev–Trinajstić information content (AvgIpc) is 2.22. The van der Waals surface area contributed by atoms with Crippen molar-refractivity contribution in [3.8, 4) is 5.75 Å². The monoisotopic (exact) mass is 203 g/mol. The van der Waals surface area contributed by atoms with Crippen LogP contribution in [0.2, 0.25) is 0 Å². The summed E-state index contributed by atoms with van der Waals surface area (Å²) in [5.74, 6) is 0.927. The Morgan fingerprint density at radius 1 is 1.33 bits per heavy atom. The number of hydrogen-bond donors (Lipinski definition) is 0. The molecule has 1 aromatic carbocycles. The van der Waals surface area contributed by atoms with Crippen LogP contribution in [0.1, 0.15) is 36.6 Å². The molecule has 2 nitrogen and oxygen atoms in total. The lowest BCUT2D eigenvalue weighted by Gasteiger charge is -2.11. The summed E-state index contributed by atoms with van der Waals surface area (Å²) in [6.45, 7) is 15.7. The van der Waals surface area contributed by atoms with Crippen LogP contribution in [0.3, 0.4) is 0 Å². The van der Waals surface area contributed by atoms with Gasteiger partial charge in [-0.15, -0.1) is 0 Å². The minimum atomic E-state index is -0.0700. The topological polar surface area (TPSA) is 13.6 Å². The molecule has 1 unspecified atom stereocenters. The van der Waals surface area contributed by atoms with E-state index in [4.69, 9.17) is 11.3 Å². The van der Waals surface area contributed by atoms with E-state index in [-0.39, 0.29) is 6.04 Å². The van der Waals surface area contributed by atoms with E-state index in [0.717, 1.165) is 22.4 Å². The Hall–Kier alpha value is -1.49. The first kappa shape index (κ1) is 11.6. The van der Waals surface area contributed by atoms with Gasteiger partial charge >= 0.3 is 0 Å². The van der Waals surface area contributed by atoms with E-state index >= 15 is 0 Å². The third-order valence-corrected chi connectivity index (χ3v) is 2.51. The van der Waals surface area contributed by atoms with Crippen molar-refractivity contribution in [2.75, 3.05) is 6.61 Å². The molecular weight excluding hydrogens is 186 g/mol.